The van der Waals surface area contributed by atoms with Crippen LogP contribution in [0.25, 0.3) is 0 Å². The van der Waals surface area contributed by atoms with Crippen molar-refractivity contribution in [3.8, 4) is 0 Å². The Bertz CT molecular complexity index is 677. The second-order valence-corrected chi connectivity index (χ2v) is 5.32. The van der Waals surface area contributed by atoms with E-state index in [9.17, 15) is 9.59 Å². The Morgan fingerprint density at radius 2 is 2.00 bits per heavy atom. The zero-order valence-corrected chi connectivity index (χ0v) is 12.5. The fraction of sp³-hybridized carbons (Fsp3) is 0.364. The average Bonchev–Trinajstić information content (AvgIpc) is 2.61. The van der Waals surface area contributed by atoms with Crippen LogP contribution in [0.3, 0.4) is 0 Å². The highest BCUT2D eigenvalue weighted by atomic mass is 127. The molecule has 96 valence electrons. The smallest absolute Gasteiger partial charge is 0.302 e. The van der Waals surface area contributed by atoms with Crippen LogP contribution < -0.4 is 11.2 Å². The van der Waals surface area contributed by atoms with Crippen LogP contribution in [0.5, 0.6) is 0 Å². The average molecular weight is 360 g/mol. The van der Waals surface area contributed by atoms with Gasteiger partial charge in [-0.2, -0.15) is 5.10 Å². The summed E-state index contributed by atoms with van der Waals surface area (Å²) in [5.41, 5.74) is 1.11. The van der Waals surface area contributed by atoms with Crippen molar-refractivity contribution in [1.82, 2.24) is 18.9 Å². The highest BCUT2D eigenvalue weighted by Gasteiger charge is 2.10. The quantitative estimate of drug-likeness (QED) is 0.721. The fourth-order valence-electron chi connectivity index (χ4n) is 1.80. The third kappa shape index (κ3) is 2.26. The maximum Gasteiger partial charge on any atom is 0.331 e. The molecule has 2 aromatic heterocycles. The van der Waals surface area contributed by atoms with E-state index in [0.29, 0.717) is 3.57 Å². The first-order chi connectivity index (χ1) is 8.40. The van der Waals surface area contributed by atoms with Crippen LogP contribution in [0.1, 0.15) is 11.4 Å². The van der Waals surface area contributed by atoms with Crippen molar-refractivity contribution in [2.45, 2.75) is 13.5 Å². The number of hydrogen-bond donors (Lipinski definition) is 0. The molecule has 2 aromatic rings. The van der Waals surface area contributed by atoms with Gasteiger partial charge in [0.25, 0.3) is 5.56 Å². The Hall–Kier alpha value is -1.38. The summed E-state index contributed by atoms with van der Waals surface area (Å²) in [6.45, 7) is 2.11. The summed E-state index contributed by atoms with van der Waals surface area (Å²) in [5.74, 6) is 0. The minimum atomic E-state index is -0.320. The van der Waals surface area contributed by atoms with E-state index < -0.39 is 0 Å². The normalized spacial score (nSPS) is 10.9. The first-order valence-electron chi connectivity index (χ1n) is 5.35. The zero-order valence-electron chi connectivity index (χ0n) is 10.3. The molecular weight excluding hydrogens is 347 g/mol. The van der Waals surface area contributed by atoms with Crippen LogP contribution >= 0.6 is 22.6 Å². The maximum absolute atomic E-state index is 12.0. The zero-order chi connectivity index (χ0) is 13.4. The van der Waals surface area contributed by atoms with Crippen LogP contribution in [0, 0.1) is 10.5 Å². The van der Waals surface area contributed by atoms with E-state index >= 15 is 0 Å². The highest BCUT2D eigenvalue weighted by Crippen LogP contribution is 2.02. The van der Waals surface area contributed by atoms with Crippen molar-refractivity contribution in [3.63, 3.8) is 0 Å². The van der Waals surface area contributed by atoms with Gasteiger partial charge in [0.1, 0.15) is 0 Å². The van der Waals surface area contributed by atoms with Gasteiger partial charge >= 0.3 is 5.69 Å². The molecule has 0 amide bonds. The molecular formula is C11H13IN4O2. The maximum atomic E-state index is 12.0. The van der Waals surface area contributed by atoms with Gasteiger partial charge in [-0.05, 0) is 35.6 Å². The molecule has 2 rings (SSSR count). The standard InChI is InChI=1S/C11H13IN4O2/c1-7-4-8(15(3)13-7)5-16-10(17)9(12)6-14(2)11(16)18/h4,6H,5H2,1-3H3. The summed E-state index contributed by atoms with van der Waals surface area (Å²) < 4.78 is 4.83. The molecule has 0 saturated heterocycles. The first kappa shape index (κ1) is 13.1. The van der Waals surface area contributed by atoms with Gasteiger partial charge in [-0.3, -0.25) is 14.0 Å². The van der Waals surface area contributed by atoms with Gasteiger partial charge < -0.3 is 4.57 Å². The molecule has 0 radical (unpaired) electrons. The number of nitrogens with zero attached hydrogens (tertiary/aromatic N) is 4. The number of aromatic nitrogens is 4. The number of halogens is 1. The van der Waals surface area contributed by atoms with Crippen molar-refractivity contribution in [1.29, 1.82) is 0 Å². The van der Waals surface area contributed by atoms with E-state index in [1.807, 2.05) is 35.6 Å². The van der Waals surface area contributed by atoms with Gasteiger partial charge in [0.05, 0.1) is 21.5 Å². The van der Waals surface area contributed by atoms with Crippen molar-refractivity contribution < 1.29 is 0 Å². The molecule has 0 N–H and O–H groups in total. The minimum absolute atomic E-state index is 0.236. The summed E-state index contributed by atoms with van der Waals surface area (Å²) in [4.78, 5) is 23.9. The van der Waals surface area contributed by atoms with Gasteiger partial charge in [-0.1, -0.05) is 0 Å². The van der Waals surface area contributed by atoms with E-state index in [4.69, 9.17) is 0 Å². The number of rotatable bonds is 2. The lowest BCUT2D eigenvalue weighted by molar-refractivity contribution is 0.595. The van der Waals surface area contributed by atoms with Crippen molar-refractivity contribution in [2.75, 3.05) is 0 Å². The molecule has 7 heteroatoms. The van der Waals surface area contributed by atoms with E-state index in [-0.39, 0.29) is 17.8 Å². The van der Waals surface area contributed by atoms with Crippen LogP contribution in [0.2, 0.25) is 0 Å². The summed E-state index contributed by atoms with van der Waals surface area (Å²) in [6, 6.07) is 1.87. The largest absolute Gasteiger partial charge is 0.331 e. The molecule has 0 fully saturated rings. The number of aryl methyl sites for hydroxylation is 3. The lowest BCUT2D eigenvalue weighted by Crippen LogP contribution is -2.40. The minimum Gasteiger partial charge on any atom is -0.302 e. The van der Waals surface area contributed by atoms with E-state index in [0.717, 1.165) is 11.4 Å². The molecule has 0 aliphatic rings. The molecule has 0 spiro atoms. The van der Waals surface area contributed by atoms with E-state index in [1.165, 1.54) is 15.3 Å². The molecule has 0 atom stereocenters. The van der Waals surface area contributed by atoms with Crippen LogP contribution in [-0.4, -0.2) is 18.9 Å². The molecule has 0 aliphatic heterocycles. The Kier molecular flexibility index (Phi) is 3.42. The summed E-state index contributed by atoms with van der Waals surface area (Å²) in [5, 5.41) is 4.20. The van der Waals surface area contributed by atoms with Gasteiger partial charge in [-0.25, -0.2) is 4.79 Å². The molecule has 0 saturated carbocycles. The Labute approximate surface area is 117 Å². The molecule has 0 bridgehead atoms. The summed E-state index contributed by atoms with van der Waals surface area (Å²) in [6.07, 6.45) is 1.54. The summed E-state index contributed by atoms with van der Waals surface area (Å²) in [7, 11) is 3.43. The van der Waals surface area contributed by atoms with Crippen LogP contribution in [0.15, 0.2) is 21.9 Å². The third-order valence-electron chi connectivity index (χ3n) is 2.71. The molecule has 0 unspecified atom stereocenters. The van der Waals surface area contributed by atoms with Gasteiger partial charge in [-0.15, -0.1) is 0 Å². The Balaban J connectivity index is 2.57. The van der Waals surface area contributed by atoms with E-state index in [1.54, 1.807) is 18.8 Å². The van der Waals surface area contributed by atoms with Crippen LogP contribution in [0.4, 0.5) is 0 Å². The highest BCUT2D eigenvalue weighted by molar-refractivity contribution is 14.1. The second kappa shape index (κ2) is 4.71. The molecule has 6 nitrogen and oxygen atoms in total. The Morgan fingerprint density at radius 3 is 2.56 bits per heavy atom. The predicted molar refractivity (Wildman–Crippen MR) is 75.7 cm³/mol. The summed E-state index contributed by atoms with van der Waals surface area (Å²) >= 11 is 1.93. The van der Waals surface area contributed by atoms with Crippen molar-refractivity contribution in [3.05, 3.63) is 48.1 Å². The lowest BCUT2D eigenvalue weighted by Gasteiger charge is -2.07. The molecule has 0 aromatic carbocycles. The topological polar surface area (TPSA) is 61.8 Å². The van der Waals surface area contributed by atoms with Gasteiger partial charge in [0.15, 0.2) is 0 Å². The van der Waals surface area contributed by atoms with Gasteiger partial charge in [0.2, 0.25) is 0 Å². The molecule has 2 heterocycles. The number of hydrogen-bond acceptors (Lipinski definition) is 3. The third-order valence-corrected chi connectivity index (χ3v) is 3.45. The molecule has 0 aliphatic carbocycles. The van der Waals surface area contributed by atoms with E-state index in [2.05, 4.69) is 5.10 Å². The van der Waals surface area contributed by atoms with Crippen molar-refractivity contribution >= 4 is 22.6 Å². The predicted octanol–water partition coefficient (Wildman–Crippen LogP) is 0.242. The lowest BCUT2D eigenvalue weighted by atomic mass is 10.3. The van der Waals surface area contributed by atoms with Gasteiger partial charge in [0, 0.05) is 20.3 Å². The monoisotopic (exact) mass is 360 g/mol. The van der Waals surface area contributed by atoms with Crippen LogP contribution in [-0.2, 0) is 20.6 Å². The van der Waals surface area contributed by atoms with Crippen molar-refractivity contribution in [2.24, 2.45) is 14.1 Å². The fourth-order valence-corrected chi connectivity index (χ4v) is 2.51. The molecule has 18 heavy (non-hydrogen) atoms. The first-order valence-corrected chi connectivity index (χ1v) is 6.43. The SMILES string of the molecule is Cc1cc(Cn2c(=O)c(I)cn(C)c2=O)n(C)n1. The second-order valence-electron chi connectivity index (χ2n) is 4.16. The Morgan fingerprint density at radius 1 is 1.33 bits per heavy atom.